The van der Waals surface area contributed by atoms with Crippen LogP contribution < -0.4 is 10.4 Å². The van der Waals surface area contributed by atoms with E-state index in [9.17, 15) is 9.59 Å². The number of hydrogen-bond donors (Lipinski definition) is 2. The number of hydrogen-bond acceptors (Lipinski definition) is 4. The van der Waals surface area contributed by atoms with Crippen LogP contribution in [-0.4, -0.2) is 28.6 Å². The number of amides is 2. The highest BCUT2D eigenvalue weighted by Gasteiger charge is 2.48. The predicted molar refractivity (Wildman–Crippen MR) is 91.4 cm³/mol. The normalized spacial score (nSPS) is 22.1. The van der Waals surface area contributed by atoms with Gasteiger partial charge in [-0.1, -0.05) is 6.07 Å². The lowest BCUT2D eigenvalue weighted by Gasteiger charge is -2.33. The molecule has 1 aromatic heterocycles. The van der Waals surface area contributed by atoms with Crippen molar-refractivity contribution in [3.05, 3.63) is 59.4 Å². The second-order valence-corrected chi connectivity index (χ2v) is 6.80. The maximum Gasteiger partial charge on any atom is 0.274 e. The molecule has 0 unspecified atom stereocenters. The van der Waals surface area contributed by atoms with Gasteiger partial charge in [0.15, 0.2) is 0 Å². The third-order valence-electron chi connectivity index (χ3n) is 5.44. The van der Waals surface area contributed by atoms with Crippen molar-refractivity contribution in [1.29, 1.82) is 0 Å². The summed E-state index contributed by atoms with van der Waals surface area (Å²) in [6.45, 7) is 0.713. The molecule has 4 rings (SSSR count). The first kappa shape index (κ1) is 15.8. The summed E-state index contributed by atoms with van der Waals surface area (Å²) in [6, 6.07) is 9.17. The molecule has 2 N–H and O–H groups in total. The average molecular weight is 337 g/mol. The number of carbonyl (C=O) groups excluding carboxylic acids is 2. The van der Waals surface area contributed by atoms with Gasteiger partial charge < -0.3 is 4.90 Å². The van der Waals surface area contributed by atoms with Gasteiger partial charge in [-0.3, -0.25) is 19.8 Å². The molecule has 0 bridgehead atoms. The standard InChI is InChI=1S/C19H19N3O3/c23-17(21-25)14-3-4-15-11-19(6-5-13(15)10-14)7-9-22(18(19)24)16-2-1-8-20-12-16/h1-4,8,10,12,25H,5-7,9,11H2,(H,21,23)/t19-/m1/s1. The van der Waals surface area contributed by atoms with E-state index in [0.717, 1.165) is 36.1 Å². The Morgan fingerprint density at radius 1 is 1.24 bits per heavy atom. The number of pyridine rings is 1. The first-order chi connectivity index (χ1) is 12.1. The van der Waals surface area contributed by atoms with Crippen LogP contribution in [0.15, 0.2) is 42.7 Å². The highest BCUT2D eigenvalue weighted by molar-refractivity contribution is 6.00. The lowest BCUT2D eigenvalue weighted by molar-refractivity contribution is -0.126. The molecule has 1 aliphatic carbocycles. The summed E-state index contributed by atoms with van der Waals surface area (Å²) in [4.78, 5) is 30.6. The van der Waals surface area contributed by atoms with Crippen molar-refractivity contribution in [1.82, 2.24) is 10.5 Å². The molecule has 2 heterocycles. The minimum absolute atomic E-state index is 0.170. The highest BCUT2D eigenvalue weighted by Crippen LogP contribution is 2.45. The van der Waals surface area contributed by atoms with Gasteiger partial charge in [0.2, 0.25) is 5.91 Å². The van der Waals surface area contributed by atoms with E-state index in [-0.39, 0.29) is 11.3 Å². The van der Waals surface area contributed by atoms with Crippen LogP contribution in [0.4, 0.5) is 5.69 Å². The first-order valence-electron chi connectivity index (χ1n) is 8.41. The van der Waals surface area contributed by atoms with Crippen molar-refractivity contribution >= 4 is 17.5 Å². The van der Waals surface area contributed by atoms with Crippen molar-refractivity contribution in [2.45, 2.75) is 25.7 Å². The highest BCUT2D eigenvalue weighted by atomic mass is 16.5. The van der Waals surface area contributed by atoms with Gasteiger partial charge in [0, 0.05) is 18.3 Å². The molecule has 2 aliphatic rings. The fraction of sp³-hybridized carbons (Fsp3) is 0.316. The monoisotopic (exact) mass is 337 g/mol. The van der Waals surface area contributed by atoms with E-state index in [1.165, 1.54) is 0 Å². The van der Waals surface area contributed by atoms with E-state index in [1.807, 2.05) is 29.2 Å². The number of hydroxylamine groups is 1. The summed E-state index contributed by atoms with van der Waals surface area (Å²) in [5, 5.41) is 8.78. The summed E-state index contributed by atoms with van der Waals surface area (Å²) in [5.41, 5.74) is 4.79. The SMILES string of the molecule is O=C(NO)c1ccc2c(c1)CC[C@@]1(CCN(c3cccnc3)C1=O)C2. The molecular formula is C19H19N3O3. The van der Waals surface area contributed by atoms with Gasteiger partial charge in [-0.2, -0.15) is 0 Å². The number of rotatable bonds is 2. The van der Waals surface area contributed by atoms with Crippen LogP contribution in [-0.2, 0) is 17.6 Å². The zero-order valence-corrected chi connectivity index (χ0v) is 13.7. The molecule has 0 radical (unpaired) electrons. The fourth-order valence-electron chi connectivity index (χ4n) is 4.04. The zero-order chi connectivity index (χ0) is 17.4. The van der Waals surface area contributed by atoms with Crippen molar-refractivity contribution in [2.75, 3.05) is 11.4 Å². The van der Waals surface area contributed by atoms with Crippen molar-refractivity contribution in [3.8, 4) is 0 Å². The van der Waals surface area contributed by atoms with E-state index in [1.54, 1.807) is 23.9 Å². The van der Waals surface area contributed by atoms with Gasteiger partial charge in [-0.15, -0.1) is 0 Å². The first-order valence-corrected chi connectivity index (χ1v) is 8.41. The van der Waals surface area contributed by atoms with Crippen LogP contribution in [0.25, 0.3) is 0 Å². The molecule has 6 nitrogen and oxygen atoms in total. The summed E-state index contributed by atoms with van der Waals surface area (Å²) < 4.78 is 0. The third-order valence-corrected chi connectivity index (χ3v) is 5.44. The summed E-state index contributed by atoms with van der Waals surface area (Å²) in [7, 11) is 0. The van der Waals surface area contributed by atoms with Crippen molar-refractivity contribution in [3.63, 3.8) is 0 Å². The van der Waals surface area contributed by atoms with E-state index in [2.05, 4.69) is 4.98 Å². The van der Waals surface area contributed by atoms with Crippen LogP contribution in [0.3, 0.4) is 0 Å². The van der Waals surface area contributed by atoms with Crippen molar-refractivity contribution in [2.24, 2.45) is 5.41 Å². The molecule has 1 aliphatic heterocycles. The van der Waals surface area contributed by atoms with Crippen LogP contribution in [0.2, 0.25) is 0 Å². The summed E-state index contributed by atoms with van der Waals surface area (Å²) in [6.07, 6.45) is 6.50. The molecule has 2 aromatic rings. The van der Waals surface area contributed by atoms with E-state index in [0.29, 0.717) is 18.5 Å². The van der Waals surface area contributed by atoms with Crippen LogP contribution in [0.1, 0.15) is 34.3 Å². The van der Waals surface area contributed by atoms with Crippen LogP contribution in [0, 0.1) is 5.41 Å². The van der Waals surface area contributed by atoms with E-state index >= 15 is 0 Å². The van der Waals surface area contributed by atoms with E-state index in [4.69, 9.17) is 5.21 Å². The minimum Gasteiger partial charge on any atom is -0.310 e. The number of anilines is 1. The quantitative estimate of drug-likeness (QED) is 0.649. The molecule has 1 spiro atoms. The number of benzene rings is 1. The number of aryl methyl sites for hydroxylation is 1. The molecule has 25 heavy (non-hydrogen) atoms. The Balaban J connectivity index is 1.60. The van der Waals surface area contributed by atoms with Gasteiger partial charge in [-0.05, 0) is 61.1 Å². The topological polar surface area (TPSA) is 82.5 Å². The molecule has 0 saturated carbocycles. The average Bonchev–Trinajstić information content (AvgIpc) is 2.97. The number of nitrogens with one attached hydrogen (secondary N) is 1. The van der Waals surface area contributed by atoms with Gasteiger partial charge in [0.1, 0.15) is 0 Å². The van der Waals surface area contributed by atoms with Crippen molar-refractivity contribution < 1.29 is 14.8 Å². The minimum atomic E-state index is -0.511. The number of nitrogens with zero attached hydrogens (tertiary/aromatic N) is 2. The molecule has 128 valence electrons. The Morgan fingerprint density at radius 2 is 2.12 bits per heavy atom. The summed E-state index contributed by atoms with van der Waals surface area (Å²) in [5.74, 6) is -0.342. The molecule has 1 fully saturated rings. The van der Waals surface area contributed by atoms with E-state index < -0.39 is 5.91 Å². The third kappa shape index (κ3) is 2.59. The lowest BCUT2D eigenvalue weighted by Crippen LogP contribution is -2.38. The maximum atomic E-state index is 13.1. The Morgan fingerprint density at radius 3 is 2.88 bits per heavy atom. The largest absolute Gasteiger partial charge is 0.310 e. The molecule has 6 heteroatoms. The van der Waals surface area contributed by atoms with Gasteiger partial charge in [0.25, 0.3) is 5.91 Å². The Kier molecular flexibility index (Phi) is 3.77. The lowest BCUT2D eigenvalue weighted by atomic mass is 9.70. The van der Waals surface area contributed by atoms with Crippen LogP contribution >= 0.6 is 0 Å². The Labute approximate surface area is 145 Å². The number of fused-ring (bicyclic) bond motifs is 1. The zero-order valence-electron chi connectivity index (χ0n) is 13.7. The molecule has 1 saturated heterocycles. The second-order valence-electron chi connectivity index (χ2n) is 6.80. The maximum absolute atomic E-state index is 13.1. The molecular weight excluding hydrogens is 318 g/mol. The number of aromatic nitrogens is 1. The molecule has 1 aromatic carbocycles. The smallest absolute Gasteiger partial charge is 0.274 e. The molecule has 1 atom stereocenters. The Hall–Kier alpha value is -2.73. The fourth-order valence-corrected chi connectivity index (χ4v) is 4.04. The Bertz CT molecular complexity index is 837. The van der Waals surface area contributed by atoms with Gasteiger partial charge in [0.05, 0.1) is 17.3 Å². The van der Waals surface area contributed by atoms with Gasteiger partial charge in [-0.25, -0.2) is 5.48 Å². The number of carbonyl (C=O) groups is 2. The van der Waals surface area contributed by atoms with Crippen LogP contribution in [0.5, 0.6) is 0 Å². The summed E-state index contributed by atoms with van der Waals surface area (Å²) >= 11 is 0. The van der Waals surface area contributed by atoms with Gasteiger partial charge >= 0.3 is 0 Å². The second kappa shape index (κ2) is 5.97. The molecule has 2 amide bonds. The predicted octanol–water partition coefficient (Wildman–Crippen LogP) is 2.11.